The fourth-order valence-electron chi connectivity index (χ4n) is 2.07. The molecule has 2 N–H and O–H groups in total. The Balaban J connectivity index is 1.96. The monoisotopic (exact) mass is 244 g/mol. The molecule has 0 aliphatic carbocycles. The summed E-state index contributed by atoms with van der Waals surface area (Å²) in [4.78, 5) is 8.46. The van der Waals surface area contributed by atoms with Gasteiger partial charge in [0.1, 0.15) is 18.0 Å². The van der Waals surface area contributed by atoms with Crippen LogP contribution in [0.4, 0.5) is 15.9 Å². The molecular weight excluding hydrogens is 231 g/mol. The van der Waals surface area contributed by atoms with E-state index in [2.05, 4.69) is 20.6 Å². The molecule has 4 nitrogen and oxygen atoms in total. The molecule has 1 aromatic carbocycles. The van der Waals surface area contributed by atoms with Crippen molar-refractivity contribution in [3.05, 3.63) is 47.7 Å². The lowest BCUT2D eigenvalue weighted by Crippen LogP contribution is -2.25. The zero-order chi connectivity index (χ0) is 12.4. The van der Waals surface area contributed by atoms with Crippen LogP contribution in [0.1, 0.15) is 11.3 Å². The van der Waals surface area contributed by atoms with Crippen LogP contribution in [-0.2, 0) is 13.0 Å². The molecule has 2 heterocycles. The summed E-state index contributed by atoms with van der Waals surface area (Å²) in [5.41, 5.74) is 2.48. The lowest BCUT2D eigenvalue weighted by atomic mass is 10.1. The molecule has 2 aromatic rings. The molecule has 0 spiro atoms. The van der Waals surface area contributed by atoms with Gasteiger partial charge in [0.2, 0.25) is 0 Å². The molecule has 5 heteroatoms. The average molecular weight is 244 g/mol. The van der Waals surface area contributed by atoms with Crippen molar-refractivity contribution in [1.82, 2.24) is 15.3 Å². The highest BCUT2D eigenvalue weighted by Gasteiger charge is 2.15. The summed E-state index contributed by atoms with van der Waals surface area (Å²) in [5.74, 6) is 0.394. The van der Waals surface area contributed by atoms with Crippen molar-refractivity contribution < 1.29 is 4.39 Å². The number of nitrogens with zero attached hydrogens (tertiary/aromatic N) is 2. The van der Waals surface area contributed by atoms with Crippen LogP contribution < -0.4 is 10.6 Å². The number of anilines is 2. The van der Waals surface area contributed by atoms with Gasteiger partial charge in [0.25, 0.3) is 0 Å². The molecule has 0 fully saturated rings. The van der Waals surface area contributed by atoms with Crippen molar-refractivity contribution in [2.24, 2.45) is 0 Å². The fraction of sp³-hybridized carbons (Fsp3) is 0.231. The Morgan fingerprint density at radius 1 is 1.22 bits per heavy atom. The Hall–Kier alpha value is -2.01. The van der Waals surface area contributed by atoms with E-state index in [1.54, 1.807) is 18.2 Å². The zero-order valence-corrected chi connectivity index (χ0v) is 9.78. The van der Waals surface area contributed by atoms with Crippen LogP contribution in [-0.4, -0.2) is 16.5 Å². The molecular formula is C13H13FN4. The lowest BCUT2D eigenvalue weighted by Gasteiger charge is -2.19. The standard InChI is InChI=1S/C13H13FN4/c14-10-3-1-2-4-12(10)18-13-9-7-15-6-5-11(9)16-8-17-13/h1-4,8,15H,5-7H2,(H,16,17,18). The van der Waals surface area contributed by atoms with Gasteiger partial charge in [-0.05, 0) is 12.1 Å². The van der Waals surface area contributed by atoms with Crippen LogP contribution >= 0.6 is 0 Å². The van der Waals surface area contributed by atoms with Crippen molar-refractivity contribution in [3.8, 4) is 0 Å². The third-order valence-corrected chi connectivity index (χ3v) is 3.00. The third-order valence-electron chi connectivity index (χ3n) is 3.00. The summed E-state index contributed by atoms with van der Waals surface area (Å²) in [6, 6.07) is 6.57. The molecule has 0 amide bonds. The fourth-order valence-corrected chi connectivity index (χ4v) is 2.07. The summed E-state index contributed by atoms with van der Waals surface area (Å²) in [5, 5.41) is 6.30. The van der Waals surface area contributed by atoms with E-state index in [0.717, 1.165) is 24.2 Å². The quantitative estimate of drug-likeness (QED) is 0.848. The van der Waals surface area contributed by atoms with Crippen LogP contribution in [0.2, 0.25) is 0 Å². The van der Waals surface area contributed by atoms with E-state index in [1.807, 2.05) is 0 Å². The molecule has 18 heavy (non-hydrogen) atoms. The molecule has 0 bridgehead atoms. The van der Waals surface area contributed by atoms with Crippen molar-refractivity contribution in [2.45, 2.75) is 13.0 Å². The number of halogens is 1. The van der Waals surface area contributed by atoms with Gasteiger partial charge in [0, 0.05) is 25.1 Å². The molecule has 0 radical (unpaired) electrons. The lowest BCUT2D eigenvalue weighted by molar-refractivity contribution is 0.624. The summed E-state index contributed by atoms with van der Waals surface area (Å²) in [6.45, 7) is 1.64. The van der Waals surface area contributed by atoms with Crippen LogP contribution in [0.5, 0.6) is 0 Å². The summed E-state index contributed by atoms with van der Waals surface area (Å²) in [7, 11) is 0. The molecule has 3 rings (SSSR count). The van der Waals surface area contributed by atoms with E-state index in [1.165, 1.54) is 12.4 Å². The van der Waals surface area contributed by atoms with Gasteiger partial charge < -0.3 is 10.6 Å². The van der Waals surface area contributed by atoms with Crippen LogP contribution in [0.25, 0.3) is 0 Å². The predicted octanol–water partition coefficient (Wildman–Crippen LogP) is 2.00. The molecule has 0 saturated heterocycles. The van der Waals surface area contributed by atoms with E-state index in [-0.39, 0.29) is 5.82 Å². The highest BCUT2D eigenvalue weighted by molar-refractivity contribution is 5.60. The van der Waals surface area contributed by atoms with E-state index in [4.69, 9.17) is 0 Å². The molecule has 1 aliphatic heterocycles. The highest BCUT2D eigenvalue weighted by atomic mass is 19.1. The van der Waals surface area contributed by atoms with E-state index in [9.17, 15) is 4.39 Å². The van der Waals surface area contributed by atoms with Gasteiger partial charge in [0.05, 0.1) is 11.4 Å². The number of benzene rings is 1. The Kier molecular flexibility index (Phi) is 2.90. The number of nitrogens with one attached hydrogen (secondary N) is 2. The van der Waals surface area contributed by atoms with Crippen molar-refractivity contribution in [2.75, 3.05) is 11.9 Å². The molecule has 1 aromatic heterocycles. The van der Waals surface area contributed by atoms with Gasteiger partial charge in [-0.2, -0.15) is 0 Å². The second-order valence-electron chi connectivity index (χ2n) is 4.18. The van der Waals surface area contributed by atoms with E-state index >= 15 is 0 Å². The summed E-state index contributed by atoms with van der Waals surface area (Å²) >= 11 is 0. The maximum absolute atomic E-state index is 13.6. The topological polar surface area (TPSA) is 49.8 Å². The van der Waals surface area contributed by atoms with Gasteiger partial charge in [-0.15, -0.1) is 0 Å². The first-order valence-corrected chi connectivity index (χ1v) is 5.89. The van der Waals surface area contributed by atoms with Gasteiger partial charge in [-0.3, -0.25) is 0 Å². The molecule has 0 unspecified atom stereocenters. The van der Waals surface area contributed by atoms with E-state index < -0.39 is 0 Å². The number of fused-ring (bicyclic) bond motifs is 1. The Morgan fingerprint density at radius 3 is 3.00 bits per heavy atom. The first kappa shape index (κ1) is 11.1. The van der Waals surface area contributed by atoms with Crippen molar-refractivity contribution in [3.63, 3.8) is 0 Å². The zero-order valence-electron chi connectivity index (χ0n) is 9.78. The molecule has 1 aliphatic rings. The Labute approximate surface area is 104 Å². The maximum Gasteiger partial charge on any atom is 0.146 e. The molecule has 0 saturated carbocycles. The van der Waals surface area contributed by atoms with Gasteiger partial charge >= 0.3 is 0 Å². The van der Waals surface area contributed by atoms with Crippen LogP contribution in [0.3, 0.4) is 0 Å². The maximum atomic E-state index is 13.6. The number of hydrogen-bond acceptors (Lipinski definition) is 4. The number of rotatable bonds is 2. The largest absolute Gasteiger partial charge is 0.337 e. The minimum atomic E-state index is -0.284. The smallest absolute Gasteiger partial charge is 0.146 e. The Morgan fingerprint density at radius 2 is 2.11 bits per heavy atom. The average Bonchev–Trinajstić information content (AvgIpc) is 2.42. The van der Waals surface area contributed by atoms with Crippen molar-refractivity contribution >= 4 is 11.5 Å². The third kappa shape index (κ3) is 2.04. The second-order valence-corrected chi connectivity index (χ2v) is 4.18. The molecule has 0 atom stereocenters. The van der Waals surface area contributed by atoms with Crippen molar-refractivity contribution in [1.29, 1.82) is 0 Å². The minimum absolute atomic E-state index is 0.284. The van der Waals surface area contributed by atoms with Gasteiger partial charge in [0.15, 0.2) is 0 Å². The van der Waals surface area contributed by atoms with Crippen LogP contribution in [0.15, 0.2) is 30.6 Å². The predicted molar refractivity (Wildman–Crippen MR) is 67.1 cm³/mol. The number of hydrogen-bond donors (Lipinski definition) is 2. The first-order chi connectivity index (χ1) is 8.84. The number of aromatic nitrogens is 2. The first-order valence-electron chi connectivity index (χ1n) is 5.89. The van der Waals surface area contributed by atoms with E-state index in [0.29, 0.717) is 18.1 Å². The second kappa shape index (κ2) is 4.70. The summed E-state index contributed by atoms with van der Waals surface area (Å²) in [6.07, 6.45) is 2.40. The Bertz CT molecular complexity index is 571. The minimum Gasteiger partial charge on any atom is -0.337 e. The SMILES string of the molecule is Fc1ccccc1Nc1ncnc2c1CNCC2. The summed E-state index contributed by atoms with van der Waals surface area (Å²) < 4.78 is 13.6. The van der Waals surface area contributed by atoms with Crippen LogP contribution in [0, 0.1) is 5.82 Å². The normalized spacial score (nSPS) is 14.1. The highest BCUT2D eigenvalue weighted by Crippen LogP contribution is 2.23. The van der Waals surface area contributed by atoms with Gasteiger partial charge in [-0.1, -0.05) is 12.1 Å². The number of para-hydroxylation sites is 1. The van der Waals surface area contributed by atoms with Gasteiger partial charge in [-0.25, -0.2) is 14.4 Å². The molecule has 92 valence electrons.